The van der Waals surface area contributed by atoms with E-state index in [1.807, 2.05) is 0 Å². The molecular formula is C32H44N6O13. The number of nitrogens with two attached hydrogens (primary N) is 6. The first-order chi connectivity index (χ1) is 23.9. The van der Waals surface area contributed by atoms with Crippen LogP contribution in [0.2, 0.25) is 0 Å². The topological polar surface area (TPSA) is 345 Å². The number of esters is 5. The van der Waals surface area contributed by atoms with Gasteiger partial charge in [0.25, 0.3) is 0 Å². The Hall–Kier alpha value is -5.18. The summed E-state index contributed by atoms with van der Waals surface area (Å²) in [4.78, 5) is 72.4. The first-order valence-electron chi connectivity index (χ1n) is 15.5. The van der Waals surface area contributed by atoms with Crippen LogP contribution in [0.1, 0.15) is 25.0 Å². The maximum absolute atomic E-state index is 12.5. The lowest BCUT2D eigenvalue weighted by atomic mass is 10.1. The minimum atomic E-state index is -1.44. The summed E-state index contributed by atoms with van der Waals surface area (Å²) in [5.74, 6) is -5.92. The summed E-state index contributed by atoms with van der Waals surface area (Å²) in [6, 6.07) is 3.97. The maximum Gasteiger partial charge on any atom is 0.331 e. The average molecular weight is 721 g/mol. The molecule has 2 rings (SSSR count). The normalized spacial score (nSPS) is 15.8. The van der Waals surface area contributed by atoms with Crippen molar-refractivity contribution in [3.05, 3.63) is 59.7 Å². The SMILES string of the molecule is C[C@@H](OC(=O)[C@@H](N)Cc1ccc(OC(=O)[C@@H](N)COC(=O)[C@@H](N)[C@@H](C)OC(=O)[C@@H](N)Cc2ccc(O)cc2)cc1)[C@H](N)C(=O)OC[C@H](N)C(=O)O. The van der Waals surface area contributed by atoms with E-state index in [4.69, 9.17) is 63.2 Å². The number of ether oxygens (including phenoxy) is 5. The molecule has 2 aromatic rings. The van der Waals surface area contributed by atoms with Crippen molar-refractivity contribution in [2.75, 3.05) is 13.2 Å². The molecule has 0 heterocycles. The van der Waals surface area contributed by atoms with Gasteiger partial charge in [0.2, 0.25) is 0 Å². The molecule has 0 amide bonds. The van der Waals surface area contributed by atoms with Gasteiger partial charge in [0, 0.05) is 0 Å². The maximum atomic E-state index is 12.5. The van der Waals surface area contributed by atoms with Gasteiger partial charge in [-0.1, -0.05) is 24.3 Å². The van der Waals surface area contributed by atoms with Gasteiger partial charge < -0.3 is 68.3 Å². The lowest BCUT2D eigenvalue weighted by molar-refractivity contribution is -0.160. The molecule has 0 spiro atoms. The highest BCUT2D eigenvalue weighted by atomic mass is 16.6. The average Bonchev–Trinajstić information content (AvgIpc) is 3.09. The largest absolute Gasteiger partial charge is 0.508 e. The number of phenols is 1. The number of rotatable bonds is 19. The number of carboxylic acids is 1. The molecule has 0 aliphatic heterocycles. The Morgan fingerprint density at radius 3 is 1.37 bits per heavy atom. The van der Waals surface area contributed by atoms with Gasteiger partial charge in [-0.05, 0) is 62.1 Å². The first-order valence-corrected chi connectivity index (χ1v) is 15.5. The second-order valence-electron chi connectivity index (χ2n) is 11.5. The van der Waals surface area contributed by atoms with Crippen LogP contribution in [0.15, 0.2) is 48.5 Å². The second-order valence-corrected chi connectivity index (χ2v) is 11.5. The highest BCUT2D eigenvalue weighted by molar-refractivity contribution is 5.81. The van der Waals surface area contributed by atoms with Gasteiger partial charge in [-0.15, -0.1) is 0 Å². The van der Waals surface area contributed by atoms with Gasteiger partial charge in [0.1, 0.15) is 73.2 Å². The summed E-state index contributed by atoms with van der Waals surface area (Å²) >= 11 is 0. The van der Waals surface area contributed by atoms with E-state index >= 15 is 0 Å². The number of benzene rings is 2. The third kappa shape index (κ3) is 13.9. The third-order valence-corrected chi connectivity index (χ3v) is 7.18. The zero-order chi connectivity index (χ0) is 38.4. The molecule has 0 aromatic heterocycles. The van der Waals surface area contributed by atoms with Crippen molar-refractivity contribution in [2.24, 2.45) is 34.4 Å². The minimum absolute atomic E-state index is 0.0132. The Labute approximate surface area is 292 Å². The zero-order valence-electron chi connectivity index (χ0n) is 27.9. The Balaban J connectivity index is 1.77. The van der Waals surface area contributed by atoms with Gasteiger partial charge in [0.05, 0.1) is 0 Å². The zero-order valence-corrected chi connectivity index (χ0v) is 27.9. The molecule has 19 heteroatoms. The van der Waals surface area contributed by atoms with Crippen molar-refractivity contribution < 1.29 is 62.7 Å². The fourth-order valence-electron chi connectivity index (χ4n) is 3.94. The Bertz CT molecular complexity index is 1510. The van der Waals surface area contributed by atoms with Gasteiger partial charge >= 0.3 is 35.8 Å². The Morgan fingerprint density at radius 2 is 0.961 bits per heavy atom. The van der Waals surface area contributed by atoms with Crippen LogP contribution in [0.3, 0.4) is 0 Å². The predicted molar refractivity (Wildman–Crippen MR) is 176 cm³/mol. The van der Waals surface area contributed by atoms with Crippen LogP contribution < -0.4 is 39.1 Å². The fraction of sp³-hybridized carbons (Fsp3) is 0.438. The first kappa shape index (κ1) is 42.0. The standard InChI is InChI=1S/C32H44N6O13/c1-15(25(37)31(45)47-13-23(35)27(40)41)49-29(43)22(34)12-18-5-9-20(10-6-18)51-30(44)24(36)14-48-32(46)26(38)16(2)50-28(42)21(33)11-17-3-7-19(39)8-4-17/h3-10,15-16,21-26,39H,11-14,33-38H2,1-2H3,(H,40,41)/t15-,16-,21+,22+,23+,24+,25+,26+/m1/s1. The highest BCUT2D eigenvalue weighted by Crippen LogP contribution is 2.15. The van der Waals surface area contributed by atoms with Crippen molar-refractivity contribution in [2.45, 2.75) is 75.1 Å². The molecule has 2 aromatic carbocycles. The van der Waals surface area contributed by atoms with Crippen LogP contribution in [0.4, 0.5) is 0 Å². The van der Waals surface area contributed by atoms with Crippen LogP contribution in [0, 0.1) is 0 Å². The molecule has 0 saturated heterocycles. The van der Waals surface area contributed by atoms with Crippen LogP contribution >= 0.6 is 0 Å². The number of phenolic OH excluding ortho intramolecular Hbond substituents is 1. The summed E-state index contributed by atoms with van der Waals surface area (Å²) in [6.07, 6.45) is -2.19. The number of carbonyl (C=O) groups excluding carboxylic acids is 5. The van der Waals surface area contributed by atoms with E-state index < -0.39 is 97.5 Å². The van der Waals surface area contributed by atoms with Crippen molar-refractivity contribution in [3.63, 3.8) is 0 Å². The van der Waals surface area contributed by atoms with Crippen molar-refractivity contribution >= 4 is 35.8 Å². The molecule has 0 aliphatic rings. The molecular weight excluding hydrogens is 676 g/mol. The van der Waals surface area contributed by atoms with E-state index in [2.05, 4.69) is 0 Å². The van der Waals surface area contributed by atoms with E-state index in [9.17, 15) is 33.9 Å². The van der Waals surface area contributed by atoms with E-state index in [0.29, 0.717) is 11.1 Å². The van der Waals surface area contributed by atoms with Crippen molar-refractivity contribution in [3.8, 4) is 11.5 Å². The van der Waals surface area contributed by atoms with Crippen LogP contribution in [-0.2, 0) is 60.6 Å². The smallest absolute Gasteiger partial charge is 0.331 e. The van der Waals surface area contributed by atoms with Gasteiger partial charge in [-0.25, -0.2) is 4.79 Å². The Morgan fingerprint density at radius 1 is 0.569 bits per heavy atom. The second kappa shape index (κ2) is 19.9. The van der Waals surface area contributed by atoms with E-state index in [1.165, 1.54) is 50.2 Å². The summed E-state index contributed by atoms with van der Waals surface area (Å²) < 4.78 is 25.3. The fourth-order valence-corrected chi connectivity index (χ4v) is 3.94. The molecule has 0 bridgehead atoms. The molecule has 280 valence electrons. The third-order valence-electron chi connectivity index (χ3n) is 7.18. The van der Waals surface area contributed by atoms with E-state index in [0.717, 1.165) is 0 Å². The molecule has 51 heavy (non-hydrogen) atoms. The summed E-state index contributed by atoms with van der Waals surface area (Å²) in [7, 11) is 0. The molecule has 0 saturated carbocycles. The summed E-state index contributed by atoms with van der Waals surface area (Å²) in [6.45, 7) is 1.47. The summed E-state index contributed by atoms with van der Waals surface area (Å²) in [5.41, 5.74) is 35.7. The lowest BCUT2D eigenvalue weighted by Gasteiger charge is -2.22. The van der Waals surface area contributed by atoms with E-state index in [1.54, 1.807) is 12.1 Å². The molecule has 14 N–H and O–H groups in total. The molecule has 19 nitrogen and oxygen atoms in total. The van der Waals surface area contributed by atoms with Crippen molar-refractivity contribution in [1.82, 2.24) is 0 Å². The van der Waals surface area contributed by atoms with Gasteiger partial charge in [-0.2, -0.15) is 0 Å². The predicted octanol–water partition coefficient (Wildman–Crippen LogP) is -2.92. The molecule has 0 fully saturated rings. The minimum Gasteiger partial charge on any atom is -0.508 e. The number of aromatic hydroxyl groups is 1. The highest BCUT2D eigenvalue weighted by Gasteiger charge is 2.30. The molecule has 8 atom stereocenters. The molecule has 0 aliphatic carbocycles. The Kier molecular flexibility index (Phi) is 16.4. The number of aliphatic carboxylic acids is 1. The number of carboxylic acid groups (broad SMARTS) is 1. The lowest BCUT2D eigenvalue weighted by Crippen LogP contribution is -2.48. The van der Waals surface area contributed by atoms with Gasteiger partial charge in [-0.3, -0.25) is 24.0 Å². The number of carbonyl (C=O) groups is 6. The molecule has 0 unspecified atom stereocenters. The monoisotopic (exact) mass is 720 g/mol. The van der Waals surface area contributed by atoms with Gasteiger partial charge in [0.15, 0.2) is 0 Å². The number of hydrogen-bond donors (Lipinski definition) is 8. The van der Waals surface area contributed by atoms with Crippen LogP contribution in [-0.4, -0.2) is 108 Å². The number of hydrogen-bond acceptors (Lipinski definition) is 18. The molecule has 0 radical (unpaired) electrons. The van der Waals surface area contributed by atoms with E-state index in [-0.39, 0.29) is 24.3 Å². The van der Waals surface area contributed by atoms with Crippen LogP contribution in [0.5, 0.6) is 11.5 Å². The quantitative estimate of drug-likeness (QED) is 0.0409. The van der Waals surface area contributed by atoms with Crippen molar-refractivity contribution in [1.29, 1.82) is 0 Å². The summed E-state index contributed by atoms with van der Waals surface area (Å²) in [5, 5.41) is 18.1. The van der Waals surface area contributed by atoms with Crippen LogP contribution in [0.25, 0.3) is 0 Å².